The van der Waals surface area contributed by atoms with E-state index in [1.807, 2.05) is 18.2 Å². The van der Waals surface area contributed by atoms with Gasteiger partial charge in [-0.3, -0.25) is 5.10 Å². The van der Waals surface area contributed by atoms with Crippen LogP contribution in [0.15, 0.2) is 30.6 Å². The van der Waals surface area contributed by atoms with E-state index in [1.165, 1.54) is 12.6 Å². The van der Waals surface area contributed by atoms with E-state index in [2.05, 4.69) is 35.7 Å². The van der Waals surface area contributed by atoms with Gasteiger partial charge in [-0.25, -0.2) is 9.37 Å². The molecule has 1 aromatic carbocycles. The largest absolute Gasteiger partial charge is 0.340 e. The molecule has 3 aromatic rings. The number of piperidine rings is 2. The molecule has 3 N–H and O–H groups in total. The number of H-pyrrole nitrogens is 1. The summed E-state index contributed by atoms with van der Waals surface area (Å²) in [5.74, 6) is 1.55. The van der Waals surface area contributed by atoms with Gasteiger partial charge in [0.15, 0.2) is 11.6 Å². The summed E-state index contributed by atoms with van der Waals surface area (Å²) >= 11 is 0. The molecule has 2 aliphatic rings. The Hall–Kier alpha value is -2.74. The van der Waals surface area contributed by atoms with Crippen molar-refractivity contribution in [2.24, 2.45) is 11.8 Å². The minimum Gasteiger partial charge on any atom is -0.340 e. The van der Waals surface area contributed by atoms with Crippen LogP contribution in [0.2, 0.25) is 0 Å². The minimum atomic E-state index is -0.458. The van der Waals surface area contributed by atoms with E-state index in [4.69, 9.17) is 0 Å². The first-order valence-electron chi connectivity index (χ1n) is 8.93. The predicted octanol–water partition coefficient (Wildman–Crippen LogP) is 2.28. The lowest BCUT2D eigenvalue weighted by molar-refractivity contribution is 0.248. The Morgan fingerprint density at radius 3 is 2.85 bits per heavy atom. The van der Waals surface area contributed by atoms with Crippen molar-refractivity contribution in [2.45, 2.75) is 6.42 Å². The van der Waals surface area contributed by atoms with Gasteiger partial charge in [0, 0.05) is 24.2 Å². The normalized spacial score (nSPS) is 22.6. The molecule has 0 spiro atoms. The molecule has 0 saturated carbocycles. The molecule has 4 heterocycles. The Balaban J connectivity index is 1.41. The van der Waals surface area contributed by atoms with E-state index in [-0.39, 0.29) is 5.82 Å². The fraction of sp³-hybridized carbons (Fsp3) is 0.389. The summed E-state index contributed by atoms with van der Waals surface area (Å²) in [6.07, 6.45) is 4.24. The molecule has 26 heavy (non-hydrogen) atoms. The fourth-order valence-corrected chi connectivity index (χ4v) is 4.02. The molecule has 134 valence electrons. The Morgan fingerprint density at radius 1 is 1.15 bits per heavy atom. The highest BCUT2D eigenvalue weighted by Gasteiger charge is 2.31. The smallest absolute Gasteiger partial charge is 0.227 e. The second kappa shape index (κ2) is 6.21. The summed E-state index contributed by atoms with van der Waals surface area (Å²) in [6, 6.07) is 5.69. The van der Waals surface area contributed by atoms with Crippen molar-refractivity contribution in [2.75, 3.05) is 36.4 Å². The minimum absolute atomic E-state index is 0.201. The monoisotopic (exact) mass is 353 g/mol. The first kappa shape index (κ1) is 15.5. The molecule has 2 bridgehead atoms. The number of anilines is 3. The zero-order valence-electron chi connectivity index (χ0n) is 14.2. The zero-order chi connectivity index (χ0) is 17.5. The van der Waals surface area contributed by atoms with Gasteiger partial charge in [0.05, 0.1) is 17.9 Å². The molecule has 2 aliphatic heterocycles. The highest BCUT2D eigenvalue weighted by molar-refractivity contribution is 5.82. The van der Waals surface area contributed by atoms with Gasteiger partial charge in [-0.15, -0.1) is 0 Å². The van der Waals surface area contributed by atoms with Gasteiger partial charge in [-0.1, -0.05) is 0 Å². The van der Waals surface area contributed by atoms with Crippen LogP contribution in [-0.4, -0.2) is 46.3 Å². The van der Waals surface area contributed by atoms with Gasteiger partial charge in [-0.05, 0) is 49.5 Å². The van der Waals surface area contributed by atoms with E-state index in [1.54, 1.807) is 6.20 Å². The molecule has 2 aromatic heterocycles. The van der Waals surface area contributed by atoms with Crippen molar-refractivity contribution < 1.29 is 4.39 Å². The third-order valence-electron chi connectivity index (χ3n) is 5.21. The number of benzene rings is 1. The molecular formula is C18H20FN7. The van der Waals surface area contributed by atoms with Crippen LogP contribution in [0.25, 0.3) is 10.9 Å². The maximum atomic E-state index is 14.3. The number of nitrogens with zero attached hydrogens (tertiary/aromatic N) is 4. The molecule has 8 heteroatoms. The molecule has 2 fully saturated rings. The lowest BCUT2D eigenvalue weighted by atomic mass is 9.86. The van der Waals surface area contributed by atoms with Crippen LogP contribution in [0, 0.1) is 17.7 Å². The van der Waals surface area contributed by atoms with Crippen molar-refractivity contribution in [3.63, 3.8) is 0 Å². The van der Waals surface area contributed by atoms with E-state index < -0.39 is 5.82 Å². The van der Waals surface area contributed by atoms with Crippen LogP contribution in [0.5, 0.6) is 0 Å². The number of hydrogen-bond acceptors (Lipinski definition) is 6. The number of rotatable bonds is 3. The second-order valence-corrected chi connectivity index (χ2v) is 7.19. The van der Waals surface area contributed by atoms with Crippen LogP contribution in [0.1, 0.15) is 6.42 Å². The molecule has 2 atom stereocenters. The van der Waals surface area contributed by atoms with E-state index in [0.717, 1.165) is 42.8 Å². The number of aromatic amines is 1. The lowest BCUT2D eigenvalue weighted by Crippen LogP contribution is -2.51. The average Bonchev–Trinajstić information content (AvgIpc) is 3.11. The summed E-state index contributed by atoms with van der Waals surface area (Å²) in [5, 5.41) is 14.4. The third-order valence-corrected chi connectivity index (χ3v) is 5.21. The van der Waals surface area contributed by atoms with Crippen LogP contribution in [-0.2, 0) is 0 Å². The Bertz CT molecular complexity index is 928. The van der Waals surface area contributed by atoms with Gasteiger partial charge >= 0.3 is 0 Å². The molecule has 2 saturated heterocycles. The molecule has 7 nitrogen and oxygen atoms in total. The van der Waals surface area contributed by atoms with Crippen molar-refractivity contribution in [3.05, 3.63) is 36.4 Å². The molecule has 0 amide bonds. The molecule has 0 aliphatic carbocycles. The van der Waals surface area contributed by atoms with Gasteiger partial charge in [0.1, 0.15) is 0 Å². The number of halogens is 1. The van der Waals surface area contributed by atoms with Crippen molar-refractivity contribution in [3.8, 4) is 0 Å². The van der Waals surface area contributed by atoms with Crippen LogP contribution < -0.4 is 15.5 Å². The summed E-state index contributed by atoms with van der Waals surface area (Å²) in [6.45, 7) is 3.89. The average molecular weight is 353 g/mol. The molecule has 0 radical (unpaired) electrons. The summed E-state index contributed by atoms with van der Waals surface area (Å²) in [7, 11) is 0. The SMILES string of the molecule is Fc1cnc(N2CC3CNCC(C3)C2)nc1Nc1ccc2[nH]ncc2c1. The predicted molar refractivity (Wildman–Crippen MR) is 98.0 cm³/mol. The van der Waals surface area contributed by atoms with Gasteiger partial charge < -0.3 is 15.5 Å². The maximum absolute atomic E-state index is 14.3. The molecular weight excluding hydrogens is 333 g/mol. The Morgan fingerprint density at radius 2 is 2.00 bits per heavy atom. The Labute approximate surface area is 150 Å². The second-order valence-electron chi connectivity index (χ2n) is 7.19. The van der Waals surface area contributed by atoms with Crippen LogP contribution in [0.3, 0.4) is 0 Å². The van der Waals surface area contributed by atoms with Gasteiger partial charge in [0.25, 0.3) is 0 Å². The number of fused-ring (bicyclic) bond motifs is 3. The van der Waals surface area contributed by atoms with Crippen LogP contribution >= 0.6 is 0 Å². The lowest BCUT2D eigenvalue weighted by Gasteiger charge is -2.41. The van der Waals surface area contributed by atoms with Gasteiger partial charge in [0.2, 0.25) is 5.95 Å². The quantitative estimate of drug-likeness (QED) is 0.670. The van der Waals surface area contributed by atoms with E-state index in [9.17, 15) is 4.39 Å². The highest BCUT2D eigenvalue weighted by Crippen LogP contribution is 2.28. The standard InChI is InChI=1S/C18H20FN7/c19-15-8-21-18(26-9-11-3-12(10-26)6-20-5-11)24-17(15)23-14-1-2-16-13(4-14)7-22-25-16/h1-2,4,7-8,11-12,20H,3,5-6,9-10H2,(H,22,25)(H,21,23,24). The first-order valence-corrected chi connectivity index (χ1v) is 8.93. The number of nitrogens with one attached hydrogen (secondary N) is 3. The first-order chi connectivity index (χ1) is 12.7. The van der Waals surface area contributed by atoms with Crippen molar-refractivity contribution >= 4 is 28.4 Å². The van der Waals surface area contributed by atoms with Crippen molar-refractivity contribution in [1.29, 1.82) is 0 Å². The molecule has 5 rings (SSSR count). The van der Waals surface area contributed by atoms with E-state index >= 15 is 0 Å². The fourth-order valence-electron chi connectivity index (χ4n) is 4.02. The molecule has 2 unspecified atom stereocenters. The zero-order valence-corrected chi connectivity index (χ0v) is 14.2. The summed E-state index contributed by atoms with van der Waals surface area (Å²) in [5.41, 5.74) is 1.70. The van der Waals surface area contributed by atoms with E-state index in [0.29, 0.717) is 17.8 Å². The van der Waals surface area contributed by atoms with Crippen LogP contribution in [0.4, 0.5) is 21.8 Å². The van der Waals surface area contributed by atoms with Crippen molar-refractivity contribution in [1.82, 2.24) is 25.5 Å². The number of hydrogen-bond donors (Lipinski definition) is 3. The third kappa shape index (κ3) is 2.86. The highest BCUT2D eigenvalue weighted by atomic mass is 19.1. The number of aromatic nitrogens is 4. The summed E-state index contributed by atoms with van der Waals surface area (Å²) < 4.78 is 14.3. The summed E-state index contributed by atoms with van der Waals surface area (Å²) in [4.78, 5) is 10.9. The van der Waals surface area contributed by atoms with Gasteiger partial charge in [-0.2, -0.15) is 10.1 Å². The topological polar surface area (TPSA) is 81.8 Å². The Kier molecular flexibility index (Phi) is 3.70. The maximum Gasteiger partial charge on any atom is 0.227 e.